The van der Waals surface area contributed by atoms with Crippen molar-refractivity contribution in [2.24, 2.45) is 0 Å². The van der Waals surface area contributed by atoms with Gasteiger partial charge in [0, 0.05) is 24.7 Å². The standard InChI is InChI=1S/C19H17N5O2/c1-13-17(21-19(26-13)14-7-3-2-4-8-14)18(25)20-11-10-16-23-22-15-9-5-6-12-24(15)16/h2-9,12H,10-11H2,1H3,(H,20,25). The van der Waals surface area contributed by atoms with E-state index >= 15 is 0 Å². The first-order valence-corrected chi connectivity index (χ1v) is 8.32. The van der Waals surface area contributed by atoms with E-state index in [1.54, 1.807) is 6.92 Å². The van der Waals surface area contributed by atoms with Gasteiger partial charge in [-0.1, -0.05) is 24.3 Å². The van der Waals surface area contributed by atoms with Crippen LogP contribution in [-0.4, -0.2) is 32.0 Å². The summed E-state index contributed by atoms with van der Waals surface area (Å²) in [6.45, 7) is 2.17. The Balaban J connectivity index is 1.43. The lowest BCUT2D eigenvalue weighted by atomic mass is 10.2. The summed E-state index contributed by atoms with van der Waals surface area (Å²) in [5.74, 6) is 1.47. The monoisotopic (exact) mass is 347 g/mol. The van der Waals surface area contributed by atoms with E-state index in [2.05, 4.69) is 20.5 Å². The fourth-order valence-corrected chi connectivity index (χ4v) is 2.74. The zero-order valence-corrected chi connectivity index (χ0v) is 14.2. The average Bonchev–Trinajstić information content (AvgIpc) is 3.26. The van der Waals surface area contributed by atoms with Crippen molar-refractivity contribution >= 4 is 11.6 Å². The van der Waals surface area contributed by atoms with Gasteiger partial charge < -0.3 is 9.73 Å². The molecule has 0 spiro atoms. The lowest BCUT2D eigenvalue weighted by Crippen LogP contribution is -2.27. The van der Waals surface area contributed by atoms with Crippen molar-refractivity contribution in [2.45, 2.75) is 13.3 Å². The van der Waals surface area contributed by atoms with Crippen LogP contribution >= 0.6 is 0 Å². The quantitative estimate of drug-likeness (QED) is 0.600. The highest BCUT2D eigenvalue weighted by atomic mass is 16.4. The number of nitrogens with one attached hydrogen (secondary N) is 1. The summed E-state index contributed by atoms with van der Waals surface area (Å²) in [5.41, 5.74) is 1.92. The normalized spacial score (nSPS) is 11.0. The van der Waals surface area contributed by atoms with Crippen LogP contribution in [0.25, 0.3) is 17.1 Å². The van der Waals surface area contributed by atoms with Gasteiger partial charge in [-0.15, -0.1) is 10.2 Å². The molecule has 26 heavy (non-hydrogen) atoms. The molecule has 0 atom stereocenters. The van der Waals surface area contributed by atoms with Crippen LogP contribution in [0.1, 0.15) is 22.1 Å². The van der Waals surface area contributed by atoms with E-state index in [0.29, 0.717) is 30.3 Å². The van der Waals surface area contributed by atoms with E-state index in [1.165, 1.54) is 0 Å². The molecule has 0 aliphatic rings. The Labute approximate surface area is 149 Å². The second kappa shape index (κ2) is 6.79. The summed E-state index contributed by atoms with van der Waals surface area (Å²) in [5, 5.41) is 11.1. The van der Waals surface area contributed by atoms with Gasteiger partial charge in [0.1, 0.15) is 11.6 Å². The highest BCUT2D eigenvalue weighted by Gasteiger charge is 2.18. The molecule has 1 aromatic carbocycles. The lowest BCUT2D eigenvalue weighted by Gasteiger charge is -2.02. The molecule has 0 radical (unpaired) electrons. The van der Waals surface area contributed by atoms with E-state index in [0.717, 1.165) is 17.0 Å². The summed E-state index contributed by atoms with van der Waals surface area (Å²) in [6.07, 6.45) is 2.47. The minimum absolute atomic E-state index is 0.262. The number of rotatable bonds is 5. The number of amides is 1. The number of nitrogens with zero attached hydrogens (tertiary/aromatic N) is 4. The fourth-order valence-electron chi connectivity index (χ4n) is 2.74. The van der Waals surface area contributed by atoms with Crippen molar-refractivity contribution in [3.63, 3.8) is 0 Å². The maximum Gasteiger partial charge on any atom is 0.273 e. The Morgan fingerprint density at radius 3 is 2.77 bits per heavy atom. The van der Waals surface area contributed by atoms with E-state index in [4.69, 9.17) is 4.42 Å². The number of hydrogen-bond donors (Lipinski definition) is 1. The van der Waals surface area contributed by atoms with E-state index < -0.39 is 0 Å². The highest BCUT2D eigenvalue weighted by molar-refractivity contribution is 5.93. The molecule has 0 fully saturated rings. The van der Waals surface area contributed by atoms with Crippen molar-refractivity contribution in [1.82, 2.24) is 24.9 Å². The van der Waals surface area contributed by atoms with Gasteiger partial charge >= 0.3 is 0 Å². The van der Waals surface area contributed by atoms with Crippen molar-refractivity contribution in [1.29, 1.82) is 0 Å². The van der Waals surface area contributed by atoms with Gasteiger partial charge in [0.15, 0.2) is 11.3 Å². The summed E-state index contributed by atoms with van der Waals surface area (Å²) in [7, 11) is 0. The molecule has 4 aromatic rings. The third kappa shape index (κ3) is 3.06. The van der Waals surface area contributed by atoms with Gasteiger partial charge in [0.2, 0.25) is 5.89 Å². The molecule has 7 nitrogen and oxygen atoms in total. The SMILES string of the molecule is Cc1oc(-c2ccccc2)nc1C(=O)NCCc1nnc2ccccn12. The largest absolute Gasteiger partial charge is 0.441 e. The minimum Gasteiger partial charge on any atom is -0.441 e. The summed E-state index contributed by atoms with van der Waals surface area (Å²) >= 11 is 0. The number of hydrogen-bond acceptors (Lipinski definition) is 5. The van der Waals surface area contributed by atoms with E-state index in [9.17, 15) is 4.79 Å². The van der Waals surface area contributed by atoms with Gasteiger partial charge in [-0.2, -0.15) is 0 Å². The van der Waals surface area contributed by atoms with Gasteiger partial charge in [-0.3, -0.25) is 9.20 Å². The Hall–Kier alpha value is -3.48. The number of fused-ring (bicyclic) bond motifs is 1. The summed E-state index contributed by atoms with van der Waals surface area (Å²) < 4.78 is 7.54. The maximum atomic E-state index is 12.4. The Bertz CT molecular complexity index is 1050. The summed E-state index contributed by atoms with van der Waals surface area (Å²) in [6, 6.07) is 15.2. The Morgan fingerprint density at radius 1 is 1.12 bits per heavy atom. The molecule has 1 N–H and O–H groups in total. The smallest absolute Gasteiger partial charge is 0.273 e. The minimum atomic E-state index is -0.262. The van der Waals surface area contributed by atoms with Crippen LogP contribution < -0.4 is 5.32 Å². The number of aryl methyl sites for hydroxylation is 1. The number of aromatic nitrogens is 4. The summed E-state index contributed by atoms with van der Waals surface area (Å²) in [4.78, 5) is 16.8. The average molecular weight is 347 g/mol. The first-order chi connectivity index (χ1) is 12.7. The van der Waals surface area contributed by atoms with Gasteiger partial charge in [-0.05, 0) is 31.2 Å². The predicted molar refractivity (Wildman–Crippen MR) is 95.7 cm³/mol. The van der Waals surface area contributed by atoms with E-state index in [1.807, 2.05) is 59.1 Å². The third-order valence-electron chi connectivity index (χ3n) is 4.05. The maximum absolute atomic E-state index is 12.4. The van der Waals surface area contributed by atoms with E-state index in [-0.39, 0.29) is 5.91 Å². The molecule has 3 aromatic heterocycles. The molecule has 0 bridgehead atoms. The third-order valence-corrected chi connectivity index (χ3v) is 4.05. The van der Waals surface area contributed by atoms with Gasteiger partial charge in [0.25, 0.3) is 5.91 Å². The zero-order chi connectivity index (χ0) is 17.9. The molecule has 130 valence electrons. The van der Waals surface area contributed by atoms with Crippen molar-refractivity contribution in [3.05, 3.63) is 72.0 Å². The molecule has 7 heteroatoms. The zero-order valence-electron chi connectivity index (χ0n) is 14.2. The van der Waals surface area contributed by atoms with Crippen LogP contribution in [0.3, 0.4) is 0 Å². The van der Waals surface area contributed by atoms with Crippen LogP contribution in [-0.2, 0) is 6.42 Å². The van der Waals surface area contributed by atoms with Crippen molar-refractivity contribution in [2.75, 3.05) is 6.54 Å². The lowest BCUT2D eigenvalue weighted by molar-refractivity contribution is 0.0948. The number of pyridine rings is 1. The van der Waals surface area contributed by atoms with Crippen LogP contribution in [0.2, 0.25) is 0 Å². The molecule has 3 heterocycles. The van der Waals surface area contributed by atoms with Gasteiger partial charge in [-0.25, -0.2) is 4.98 Å². The Kier molecular flexibility index (Phi) is 4.18. The van der Waals surface area contributed by atoms with Crippen LogP contribution in [0.4, 0.5) is 0 Å². The fraction of sp³-hybridized carbons (Fsp3) is 0.158. The molecule has 4 rings (SSSR count). The molecule has 0 aliphatic heterocycles. The highest BCUT2D eigenvalue weighted by Crippen LogP contribution is 2.21. The number of benzene rings is 1. The first kappa shape index (κ1) is 16.0. The molecule has 0 saturated carbocycles. The first-order valence-electron chi connectivity index (χ1n) is 8.32. The molecule has 0 unspecified atom stereocenters. The molecule has 0 aliphatic carbocycles. The number of carbonyl (C=O) groups is 1. The number of oxazole rings is 1. The van der Waals surface area contributed by atoms with Gasteiger partial charge in [0.05, 0.1) is 0 Å². The molecular formula is C19H17N5O2. The second-order valence-electron chi connectivity index (χ2n) is 5.84. The number of carbonyl (C=O) groups excluding carboxylic acids is 1. The molecule has 0 saturated heterocycles. The molecule has 1 amide bonds. The topological polar surface area (TPSA) is 85.3 Å². The molecular weight excluding hydrogens is 330 g/mol. The van der Waals surface area contributed by atoms with Crippen LogP contribution in [0.15, 0.2) is 59.1 Å². The van der Waals surface area contributed by atoms with Crippen molar-refractivity contribution < 1.29 is 9.21 Å². The van der Waals surface area contributed by atoms with Crippen molar-refractivity contribution in [3.8, 4) is 11.5 Å². The van der Waals surface area contributed by atoms with Crippen LogP contribution in [0, 0.1) is 6.92 Å². The van der Waals surface area contributed by atoms with Crippen LogP contribution in [0.5, 0.6) is 0 Å². The predicted octanol–water partition coefficient (Wildman–Crippen LogP) is 2.67. The second-order valence-corrected chi connectivity index (χ2v) is 5.84. The Morgan fingerprint density at radius 2 is 1.92 bits per heavy atom.